The molecule has 36 heavy (non-hydrogen) atoms. The van der Waals surface area contributed by atoms with Gasteiger partial charge in [0.15, 0.2) is 18.4 Å². The Balaban J connectivity index is 1.81. The molecule has 2 saturated heterocycles. The molecule has 190 valence electrons. The number of esters is 3. The number of ether oxygens (including phenoxy) is 4. The Kier molecular flexibility index (Phi) is 6.93. The van der Waals surface area contributed by atoms with Gasteiger partial charge in [0, 0.05) is 33.1 Å². The molecule has 0 spiro atoms. The van der Waals surface area contributed by atoms with Gasteiger partial charge in [0.1, 0.15) is 18.8 Å². The molecule has 2 aromatic carbocycles. The molecule has 0 bridgehead atoms. The van der Waals surface area contributed by atoms with Crippen LogP contribution in [-0.4, -0.2) is 71.9 Å². The predicted molar refractivity (Wildman–Crippen MR) is 125 cm³/mol. The number of anilines is 1. The molecule has 0 N–H and O–H groups in total. The van der Waals surface area contributed by atoms with E-state index in [-0.39, 0.29) is 6.61 Å². The van der Waals surface area contributed by atoms with E-state index in [0.717, 1.165) is 15.7 Å². The quantitative estimate of drug-likeness (QED) is 0.434. The van der Waals surface area contributed by atoms with Gasteiger partial charge in [0.05, 0.1) is 5.69 Å². The average molecular weight is 498 g/mol. The van der Waals surface area contributed by atoms with Crippen molar-refractivity contribution in [2.45, 2.75) is 58.3 Å². The molecule has 0 aliphatic carbocycles. The highest BCUT2D eigenvalue weighted by atomic mass is 16.6. The fraction of sp³-hybridized carbons (Fsp3) is 0.400. The molecular formula is C25H26N2O9. The van der Waals surface area contributed by atoms with Crippen LogP contribution in [0.3, 0.4) is 0 Å². The molecule has 0 radical (unpaired) electrons. The van der Waals surface area contributed by atoms with Crippen LogP contribution >= 0.6 is 0 Å². The van der Waals surface area contributed by atoms with Gasteiger partial charge in [-0.1, -0.05) is 36.4 Å². The highest BCUT2D eigenvalue weighted by molar-refractivity contribution is 6.10. The fourth-order valence-electron chi connectivity index (χ4n) is 4.76. The summed E-state index contributed by atoms with van der Waals surface area (Å²) in [5.74, 6) is -2.57. The maximum absolute atomic E-state index is 13.6. The molecule has 2 aliphatic heterocycles. The summed E-state index contributed by atoms with van der Waals surface area (Å²) in [4.78, 5) is 63.9. The topological polar surface area (TPSA) is 129 Å². The van der Waals surface area contributed by atoms with E-state index in [1.54, 1.807) is 12.1 Å². The largest absolute Gasteiger partial charge is 0.462 e. The summed E-state index contributed by atoms with van der Waals surface area (Å²) in [6.45, 7) is 4.39. The van der Waals surface area contributed by atoms with Crippen LogP contribution in [0.2, 0.25) is 0 Å². The molecule has 3 amide bonds. The monoisotopic (exact) mass is 498 g/mol. The van der Waals surface area contributed by atoms with Gasteiger partial charge in [0.25, 0.3) is 0 Å². The van der Waals surface area contributed by atoms with Crippen LogP contribution in [0.25, 0.3) is 10.8 Å². The summed E-state index contributed by atoms with van der Waals surface area (Å²) in [5.41, 5.74) is 0.489. The van der Waals surface area contributed by atoms with E-state index in [1.165, 1.54) is 32.6 Å². The Morgan fingerprint density at radius 1 is 0.944 bits per heavy atom. The van der Waals surface area contributed by atoms with E-state index in [2.05, 4.69) is 0 Å². The normalized spacial score (nSPS) is 23.8. The second kappa shape index (κ2) is 9.94. The van der Waals surface area contributed by atoms with Gasteiger partial charge >= 0.3 is 23.9 Å². The molecule has 2 fully saturated rings. The number of hydrogen-bond donors (Lipinski definition) is 0. The number of rotatable bonds is 6. The number of benzene rings is 2. The van der Waals surface area contributed by atoms with Crippen molar-refractivity contribution in [3.63, 3.8) is 0 Å². The van der Waals surface area contributed by atoms with E-state index < -0.39 is 60.4 Å². The molecular weight excluding hydrogens is 472 g/mol. The molecule has 4 rings (SSSR count). The third-order valence-corrected chi connectivity index (χ3v) is 6.02. The summed E-state index contributed by atoms with van der Waals surface area (Å²) in [5, 5.41) is 1.60. The Hall–Kier alpha value is -3.99. The molecule has 0 saturated carbocycles. The summed E-state index contributed by atoms with van der Waals surface area (Å²) in [6, 6.07) is 11.1. The zero-order valence-electron chi connectivity index (χ0n) is 20.2. The van der Waals surface area contributed by atoms with Gasteiger partial charge in [-0.05, 0) is 11.5 Å². The lowest BCUT2D eigenvalue weighted by atomic mass is 10.0. The first-order valence-electron chi connectivity index (χ1n) is 11.3. The standard InChI is InChI=1S/C25H26N2O9/c1-13(28)26-21-23(35-16(4)31)22(20(34-15(3)30)12-33-14(2)29)36-24(21)27(25(26)32)19-11-7-9-17-8-5-6-10-18(17)19/h5-11,20-24H,12H2,1-4H3/t20-,21-,22-,23-,24+/m1/s1. The number of urea groups is 1. The number of nitrogens with zero attached hydrogens (tertiary/aromatic N) is 2. The number of fused-ring (bicyclic) bond motifs is 2. The Labute approximate surface area is 206 Å². The molecule has 5 atom stereocenters. The van der Waals surface area contributed by atoms with Crippen LogP contribution < -0.4 is 4.90 Å². The minimum absolute atomic E-state index is 0.376. The summed E-state index contributed by atoms with van der Waals surface area (Å²) < 4.78 is 22.2. The average Bonchev–Trinajstić information content (AvgIpc) is 3.28. The summed E-state index contributed by atoms with van der Waals surface area (Å²) in [6.07, 6.45) is -4.57. The van der Waals surface area contributed by atoms with E-state index in [4.69, 9.17) is 18.9 Å². The van der Waals surface area contributed by atoms with Crippen molar-refractivity contribution in [1.82, 2.24) is 4.90 Å². The Bertz CT molecular complexity index is 1220. The van der Waals surface area contributed by atoms with Crippen molar-refractivity contribution >= 4 is 46.3 Å². The number of imide groups is 1. The zero-order chi connectivity index (χ0) is 26.1. The van der Waals surface area contributed by atoms with E-state index in [0.29, 0.717) is 5.69 Å². The minimum atomic E-state index is -1.19. The first kappa shape index (κ1) is 25.1. The van der Waals surface area contributed by atoms with Crippen molar-refractivity contribution < 1.29 is 42.9 Å². The van der Waals surface area contributed by atoms with Gasteiger partial charge in [-0.25, -0.2) is 4.79 Å². The molecule has 2 heterocycles. The SMILES string of the molecule is CC(=O)OC[C@@H](OC(C)=O)[C@H]1O[C@H]2[C@@H]([C@H]1OC(C)=O)N(C(C)=O)C(=O)N2c1cccc2ccccc12. The third kappa shape index (κ3) is 4.61. The lowest BCUT2D eigenvalue weighted by Gasteiger charge is -2.31. The van der Waals surface area contributed by atoms with Gasteiger partial charge in [0.2, 0.25) is 5.91 Å². The van der Waals surface area contributed by atoms with Crippen LogP contribution in [0.1, 0.15) is 27.7 Å². The first-order chi connectivity index (χ1) is 17.1. The van der Waals surface area contributed by atoms with Crippen LogP contribution in [0.5, 0.6) is 0 Å². The highest BCUT2D eigenvalue weighted by Crippen LogP contribution is 2.42. The Morgan fingerprint density at radius 3 is 2.28 bits per heavy atom. The van der Waals surface area contributed by atoms with Gasteiger partial charge in [-0.15, -0.1) is 0 Å². The predicted octanol–water partition coefficient (Wildman–Crippen LogP) is 2.15. The first-order valence-corrected chi connectivity index (χ1v) is 11.3. The molecule has 2 aromatic rings. The molecule has 0 unspecified atom stereocenters. The van der Waals surface area contributed by atoms with Crippen LogP contribution in [0, 0.1) is 0 Å². The van der Waals surface area contributed by atoms with Crippen molar-refractivity contribution in [3.8, 4) is 0 Å². The van der Waals surface area contributed by atoms with E-state index >= 15 is 0 Å². The number of carbonyl (C=O) groups excluding carboxylic acids is 5. The van der Waals surface area contributed by atoms with Crippen LogP contribution in [-0.2, 0) is 38.1 Å². The Morgan fingerprint density at radius 2 is 1.64 bits per heavy atom. The minimum Gasteiger partial charge on any atom is -0.462 e. The summed E-state index contributed by atoms with van der Waals surface area (Å²) >= 11 is 0. The molecule has 0 aromatic heterocycles. The van der Waals surface area contributed by atoms with Gasteiger partial charge in [-0.3, -0.25) is 29.0 Å². The number of carbonyl (C=O) groups is 5. The van der Waals surface area contributed by atoms with Crippen molar-refractivity contribution in [3.05, 3.63) is 42.5 Å². The second-order valence-corrected chi connectivity index (χ2v) is 8.55. The molecule has 11 nitrogen and oxygen atoms in total. The fourth-order valence-corrected chi connectivity index (χ4v) is 4.76. The smallest absolute Gasteiger partial charge is 0.333 e. The van der Waals surface area contributed by atoms with Gasteiger partial charge < -0.3 is 18.9 Å². The summed E-state index contributed by atoms with van der Waals surface area (Å²) in [7, 11) is 0. The zero-order valence-corrected chi connectivity index (χ0v) is 20.2. The second-order valence-electron chi connectivity index (χ2n) is 8.55. The van der Waals surface area contributed by atoms with E-state index in [1.807, 2.05) is 30.3 Å². The van der Waals surface area contributed by atoms with Crippen molar-refractivity contribution in [2.24, 2.45) is 0 Å². The third-order valence-electron chi connectivity index (χ3n) is 6.02. The van der Waals surface area contributed by atoms with Crippen LogP contribution in [0.15, 0.2) is 42.5 Å². The van der Waals surface area contributed by atoms with Crippen molar-refractivity contribution in [1.29, 1.82) is 0 Å². The highest BCUT2D eigenvalue weighted by Gasteiger charge is 2.63. The maximum atomic E-state index is 13.6. The lowest BCUT2D eigenvalue weighted by molar-refractivity contribution is -0.175. The van der Waals surface area contributed by atoms with Gasteiger partial charge in [-0.2, -0.15) is 0 Å². The van der Waals surface area contributed by atoms with E-state index in [9.17, 15) is 24.0 Å². The number of amides is 3. The number of hydrogen-bond acceptors (Lipinski definition) is 9. The van der Waals surface area contributed by atoms with Crippen LogP contribution in [0.4, 0.5) is 10.5 Å². The maximum Gasteiger partial charge on any atom is 0.333 e. The molecule has 2 aliphatic rings. The lowest BCUT2D eigenvalue weighted by Crippen LogP contribution is -2.52. The van der Waals surface area contributed by atoms with Crippen molar-refractivity contribution in [2.75, 3.05) is 11.5 Å². The molecule has 11 heteroatoms.